The lowest BCUT2D eigenvalue weighted by atomic mass is 9.92. The summed E-state index contributed by atoms with van der Waals surface area (Å²) in [4.78, 5) is 27.8. The molecule has 2 aromatic carbocycles. The molecule has 0 aliphatic heterocycles. The van der Waals surface area contributed by atoms with E-state index in [1.54, 1.807) is 32.9 Å². The van der Waals surface area contributed by atoms with Gasteiger partial charge in [0.15, 0.2) is 0 Å². The maximum atomic E-state index is 14.5. The minimum atomic E-state index is -5.17. The number of rotatable bonds is 12. The second kappa shape index (κ2) is 14.7. The molecule has 0 aromatic heterocycles. The van der Waals surface area contributed by atoms with Crippen molar-refractivity contribution in [1.82, 2.24) is 10.2 Å². The van der Waals surface area contributed by atoms with Gasteiger partial charge >= 0.3 is 18.2 Å². The van der Waals surface area contributed by atoms with Crippen LogP contribution in [0.1, 0.15) is 44.4 Å². The lowest BCUT2D eigenvalue weighted by Gasteiger charge is -2.34. The molecule has 1 N–H and O–H groups in total. The van der Waals surface area contributed by atoms with Gasteiger partial charge in [-0.1, -0.05) is 30.3 Å². The Morgan fingerprint density at radius 1 is 1.02 bits per heavy atom. The number of nitrogens with one attached hydrogen (secondary N) is 1. The van der Waals surface area contributed by atoms with Crippen LogP contribution in [-0.2, 0) is 24.6 Å². The van der Waals surface area contributed by atoms with E-state index >= 15 is 0 Å². The van der Waals surface area contributed by atoms with Gasteiger partial charge in [-0.2, -0.15) is 13.2 Å². The summed E-state index contributed by atoms with van der Waals surface area (Å²) in [7, 11) is 4.68. The second-order valence-corrected chi connectivity index (χ2v) is 12.1. The van der Waals surface area contributed by atoms with Gasteiger partial charge in [0.2, 0.25) is 0 Å². The van der Waals surface area contributed by atoms with Gasteiger partial charge in [-0.3, -0.25) is 0 Å². The van der Waals surface area contributed by atoms with Crippen LogP contribution in [0.3, 0.4) is 0 Å². The van der Waals surface area contributed by atoms with Crippen LogP contribution in [0, 0.1) is 0 Å². The minimum absolute atomic E-state index is 0.272. The lowest BCUT2D eigenvalue weighted by molar-refractivity contribution is -0.278. The fourth-order valence-corrected chi connectivity index (χ4v) is 5.23. The maximum Gasteiger partial charge on any atom is 0.432 e. The first-order valence-electron chi connectivity index (χ1n) is 12.6. The molecule has 13 heteroatoms. The summed E-state index contributed by atoms with van der Waals surface area (Å²) in [5, 5.41) is 2.47. The summed E-state index contributed by atoms with van der Waals surface area (Å²) in [6, 6.07) is 9.57. The van der Waals surface area contributed by atoms with E-state index in [4.69, 9.17) is 18.9 Å². The number of hydrogen-bond donors (Lipinski definition) is 1. The molecule has 0 fully saturated rings. The zero-order chi connectivity index (χ0) is 31.0. The predicted molar refractivity (Wildman–Crippen MR) is 155 cm³/mol. The molecule has 228 valence electrons. The molecule has 2 rings (SSSR count). The third-order valence-electron chi connectivity index (χ3n) is 5.64. The monoisotopic (exact) mass is 710 g/mol. The Balaban J connectivity index is 2.46. The van der Waals surface area contributed by atoms with Crippen LogP contribution in [0.25, 0.3) is 0 Å². The highest BCUT2D eigenvalue weighted by atomic mass is 79.9. The Morgan fingerprint density at radius 2 is 1.61 bits per heavy atom. The van der Waals surface area contributed by atoms with Gasteiger partial charge in [-0.15, -0.1) is 0 Å². The first kappa shape index (κ1) is 34.8. The number of nitrogens with zero attached hydrogens (tertiary/aromatic N) is 1. The van der Waals surface area contributed by atoms with Crippen LogP contribution < -0.4 is 10.1 Å². The zero-order valence-electron chi connectivity index (χ0n) is 23.7. The average molecular weight is 712 g/mol. The first-order chi connectivity index (χ1) is 19.0. The maximum absolute atomic E-state index is 14.5. The molecule has 8 nitrogen and oxygen atoms in total. The summed E-state index contributed by atoms with van der Waals surface area (Å²) in [6.45, 7) is 5.80. The Hall–Kier alpha value is -2.35. The Kier molecular flexibility index (Phi) is 12.5. The Morgan fingerprint density at radius 3 is 2.10 bits per heavy atom. The van der Waals surface area contributed by atoms with Crippen LogP contribution in [-0.4, -0.2) is 69.6 Å². The number of halogens is 5. The lowest BCUT2D eigenvalue weighted by Crippen LogP contribution is -2.52. The number of amides is 1. The standard InChI is InChI=1S/C28H35Br2F3N2O6/c1-26(2,3)41-25(37)34-17-22(18-15-20(29)23(21(30)16-18)39-14-10-13-35(4)5)40-24(36)27(38-6,28(31,32)33)19-11-8-7-9-12-19/h7-9,11-12,15-16,22H,10,13-14,17H2,1-6H3,(H,34,37)/t22-,27+/m1/s1. The Bertz CT molecular complexity index is 1150. The average Bonchev–Trinajstić information content (AvgIpc) is 2.84. The van der Waals surface area contributed by atoms with Crippen molar-refractivity contribution in [3.63, 3.8) is 0 Å². The van der Waals surface area contributed by atoms with E-state index < -0.39 is 47.7 Å². The largest absolute Gasteiger partial charge is 0.491 e. The molecule has 0 unspecified atom stereocenters. The molecular weight excluding hydrogens is 677 g/mol. The van der Waals surface area contributed by atoms with Crippen LogP contribution in [0.5, 0.6) is 5.75 Å². The van der Waals surface area contributed by atoms with Crippen molar-refractivity contribution in [2.45, 2.75) is 50.7 Å². The Labute approximate surface area is 255 Å². The third-order valence-corrected chi connectivity index (χ3v) is 6.82. The summed E-state index contributed by atoms with van der Waals surface area (Å²) in [5.41, 5.74) is -4.43. The van der Waals surface area contributed by atoms with Crippen LogP contribution in [0.2, 0.25) is 0 Å². The van der Waals surface area contributed by atoms with Crippen molar-refractivity contribution < 1.29 is 41.7 Å². The van der Waals surface area contributed by atoms with Gasteiger partial charge in [0.05, 0.1) is 22.1 Å². The number of carbonyl (C=O) groups is 2. The molecule has 1 amide bonds. The van der Waals surface area contributed by atoms with E-state index in [0.29, 0.717) is 21.3 Å². The zero-order valence-corrected chi connectivity index (χ0v) is 26.9. The molecular formula is C28H35Br2F3N2O6. The third kappa shape index (κ3) is 9.59. The van der Waals surface area contributed by atoms with E-state index in [1.807, 2.05) is 19.0 Å². The van der Waals surface area contributed by atoms with Crippen LogP contribution in [0.15, 0.2) is 51.4 Å². The summed E-state index contributed by atoms with van der Waals surface area (Å²) in [6.07, 6.45) is -6.63. The van der Waals surface area contributed by atoms with Gasteiger partial charge in [0.25, 0.3) is 5.60 Å². The highest BCUT2D eigenvalue weighted by Crippen LogP contribution is 2.44. The highest BCUT2D eigenvalue weighted by Gasteiger charge is 2.64. The molecule has 0 saturated heterocycles. The van der Waals surface area contributed by atoms with Crippen molar-refractivity contribution in [2.75, 3.05) is 40.9 Å². The highest BCUT2D eigenvalue weighted by molar-refractivity contribution is 9.11. The molecule has 0 aliphatic rings. The molecule has 0 saturated carbocycles. The smallest absolute Gasteiger partial charge is 0.432 e. The fraction of sp³-hybridized carbons (Fsp3) is 0.500. The van der Waals surface area contributed by atoms with Gasteiger partial charge in [0, 0.05) is 19.2 Å². The summed E-state index contributed by atoms with van der Waals surface area (Å²) in [5.74, 6) is -1.24. The van der Waals surface area contributed by atoms with Crippen molar-refractivity contribution in [3.05, 3.63) is 62.5 Å². The van der Waals surface area contributed by atoms with Crippen molar-refractivity contribution in [1.29, 1.82) is 0 Å². The van der Waals surface area contributed by atoms with Crippen molar-refractivity contribution in [2.24, 2.45) is 0 Å². The summed E-state index contributed by atoms with van der Waals surface area (Å²) >= 11 is 6.86. The van der Waals surface area contributed by atoms with E-state index in [2.05, 4.69) is 37.2 Å². The normalized spacial score (nSPS) is 14.2. The molecule has 2 aromatic rings. The van der Waals surface area contributed by atoms with Crippen LogP contribution in [0.4, 0.5) is 18.0 Å². The molecule has 0 radical (unpaired) electrons. The van der Waals surface area contributed by atoms with Gasteiger partial charge in [0.1, 0.15) is 17.5 Å². The number of esters is 1. The number of carbonyl (C=O) groups excluding carboxylic acids is 2. The topological polar surface area (TPSA) is 86.3 Å². The van der Waals surface area contributed by atoms with Crippen molar-refractivity contribution >= 4 is 43.9 Å². The van der Waals surface area contributed by atoms with Gasteiger partial charge in [-0.05, 0) is 90.8 Å². The van der Waals surface area contributed by atoms with Gasteiger partial charge < -0.3 is 29.2 Å². The molecule has 2 atom stereocenters. The second-order valence-electron chi connectivity index (χ2n) is 10.3. The number of alkyl carbamates (subject to hydrolysis) is 1. The molecule has 0 heterocycles. The number of methoxy groups -OCH3 is 1. The molecule has 0 spiro atoms. The number of hydrogen-bond acceptors (Lipinski definition) is 7. The van der Waals surface area contributed by atoms with Crippen LogP contribution >= 0.6 is 31.9 Å². The van der Waals surface area contributed by atoms with E-state index in [-0.39, 0.29) is 5.56 Å². The quantitative estimate of drug-likeness (QED) is 0.193. The van der Waals surface area contributed by atoms with E-state index in [1.165, 1.54) is 18.2 Å². The first-order valence-corrected chi connectivity index (χ1v) is 14.2. The van der Waals surface area contributed by atoms with E-state index in [9.17, 15) is 22.8 Å². The number of benzene rings is 2. The SMILES string of the molecule is CO[C@](C(=O)O[C@H](CNC(=O)OC(C)(C)C)c1cc(Br)c(OCCCN(C)C)c(Br)c1)(c1ccccc1)C(F)(F)F. The summed E-state index contributed by atoms with van der Waals surface area (Å²) < 4.78 is 65.9. The molecule has 41 heavy (non-hydrogen) atoms. The number of alkyl halides is 3. The number of ether oxygens (including phenoxy) is 4. The molecule has 0 aliphatic carbocycles. The molecule has 0 bridgehead atoms. The fourth-order valence-electron chi connectivity index (χ4n) is 3.78. The van der Waals surface area contributed by atoms with Gasteiger partial charge in [-0.25, -0.2) is 9.59 Å². The van der Waals surface area contributed by atoms with Crippen molar-refractivity contribution in [3.8, 4) is 5.75 Å². The minimum Gasteiger partial charge on any atom is -0.491 e. The van der Waals surface area contributed by atoms with E-state index in [0.717, 1.165) is 32.2 Å². The predicted octanol–water partition coefficient (Wildman–Crippen LogP) is 6.76.